The van der Waals surface area contributed by atoms with Crippen LogP contribution in [0.4, 0.5) is 11.4 Å². The van der Waals surface area contributed by atoms with Crippen molar-refractivity contribution in [3.8, 4) is 18.0 Å². The van der Waals surface area contributed by atoms with Gasteiger partial charge in [0.15, 0.2) is 11.5 Å². The summed E-state index contributed by atoms with van der Waals surface area (Å²) in [5.74, 6) is 0.429. The van der Waals surface area contributed by atoms with Crippen molar-refractivity contribution < 1.29 is 14.4 Å². The molecule has 56 heavy (non-hydrogen) atoms. The smallest absolute Gasteiger partial charge is 0.255 e. The summed E-state index contributed by atoms with van der Waals surface area (Å²) >= 11 is 0. The summed E-state index contributed by atoms with van der Waals surface area (Å²) in [5.41, 5.74) is 3.29. The van der Waals surface area contributed by atoms with Gasteiger partial charge >= 0.3 is 0 Å². The van der Waals surface area contributed by atoms with Crippen LogP contribution in [-0.4, -0.2) is 86.2 Å². The molecule has 1 aromatic carbocycles. The average molecular weight is 754 g/mol. The molecular weight excluding hydrogens is 707 g/mol. The van der Waals surface area contributed by atoms with Gasteiger partial charge < -0.3 is 15.5 Å². The number of benzene rings is 1. The van der Waals surface area contributed by atoms with E-state index in [9.17, 15) is 24.9 Å². The molecule has 8 rings (SSSR count). The minimum Gasteiger partial charge on any atom is -0.369 e. The molecule has 6 heterocycles. The molecule has 14 heteroatoms. The molecule has 0 unspecified atom stereocenters. The molecule has 288 valence electrons. The number of hydrogen-bond donors (Lipinski definition) is 3. The summed E-state index contributed by atoms with van der Waals surface area (Å²) < 4.78 is 1.55. The van der Waals surface area contributed by atoms with Crippen molar-refractivity contribution >= 4 is 40.1 Å². The second-order valence-corrected chi connectivity index (χ2v) is 16.1. The number of amides is 3. The summed E-state index contributed by atoms with van der Waals surface area (Å²) in [5, 5.41) is 32.8. The Morgan fingerprint density at radius 2 is 1.79 bits per heavy atom. The van der Waals surface area contributed by atoms with Crippen molar-refractivity contribution in [2.75, 3.05) is 29.9 Å². The Hall–Kier alpha value is -5.86. The summed E-state index contributed by atoms with van der Waals surface area (Å²) in [6.45, 7) is 6.87. The molecule has 4 aliphatic rings. The molecule has 3 aliphatic heterocycles. The highest BCUT2D eigenvalue weighted by molar-refractivity contribution is 6.03. The van der Waals surface area contributed by atoms with E-state index in [2.05, 4.69) is 77.2 Å². The Bertz CT molecular complexity index is 2230. The molecule has 4 aromatic rings. The zero-order chi connectivity index (χ0) is 39.0. The Kier molecular flexibility index (Phi) is 10.2. The Morgan fingerprint density at radius 3 is 2.54 bits per heavy atom. The average Bonchev–Trinajstić information content (AvgIpc) is 3.95. The number of fused-ring (bicyclic) bond motifs is 2. The van der Waals surface area contributed by atoms with Gasteiger partial charge in [0.05, 0.1) is 34.5 Å². The molecule has 14 nitrogen and oxygen atoms in total. The standard InChI is InChI=1S/C42H47N11O3/c1-26(21-43)48-34-20-37(53-39-29(24-47-53)19-28(22-44)23-46-39)45-25-33(34)40(55)49-31-7-3-27(4-8-31)12-16-51-17-13-36-35(51)14-18-52(36)32-9-5-30(6-10-32)42(2)15-11-38(54)50-41(42)56/h5-6,9-10,19-20,23-27,31,35-36H,3-4,7-8,11-18H2,1-2H3,(H,45,48)(H,49,55)(H,50,54,56)/t26-,27?,31?,35+,36+,42-/m1/s1. The SMILES string of the molecule is C[C@H](C#N)Nc1cc(-n2ncc3cc(C#N)cnc32)ncc1C(=O)NC1CCC(CCN2CC[C@H]3[C@@H]2CCN3c2ccc([C@@]3(C)CCC(=O)NC3=O)cc2)CC1. The van der Waals surface area contributed by atoms with Crippen LogP contribution in [0.3, 0.4) is 0 Å². The van der Waals surface area contributed by atoms with E-state index in [0.29, 0.717) is 64.5 Å². The lowest BCUT2D eigenvalue weighted by Gasteiger charge is -2.33. The van der Waals surface area contributed by atoms with E-state index in [1.54, 1.807) is 29.9 Å². The predicted octanol–water partition coefficient (Wildman–Crippen LogP) is 4.74. The van der Waals surface area contributed by atoms with E-state index in [1.165, 1.54) is 18.1 Å². The number of pyridine rings is 2. The normalized spacial score (nSPS) is 25.6. The van der Waals surface area contributed by atoms with E-state index >= 15 is 0 Å². The zero-order valence-corrected chi connectivity index (χ0v) is 31.9. The van der Waals surface area contributed by atoms with Crippen LogP contribution < -0.4 is 20.9 Å². The third-order valence-electron chi connectivity index (χ3n) is 12.6. The molecule has 3 N–H and O–H groups in total. The van der Waals surface area contributed by atoms with Crippen LogP contribution in [-0.2, 0) is 15.0 Å². The molecule has 0 spiro atoms. The fraction of sp³-hybridized carbons (Fsp3) is 0.476. The van der Waals surface area contributed by atoms with Crippen LogP contribution in [0, 0.1) is 28.6 Å². The van der Waals surface area contributed by atoms with Crippen molar-refractivity contribution in [2.45, 2.75) is 101 Å². The maximum atomic E-state index is 13.7. The van der Waals surface area contributed by atoms with Gasteiger partial charge in [0.25, 0.3) is 5.91 Å². The largest absolute Gasteiger partial charge is 0.369 e. The van der Waals surface area contributed by atoms with Gasteiger partial charge in [-0.2, -0.15) is 20.3 Å². The zero-order valence-electron chi connectivity index (χ0n) is 31.9. The lowest BCUT2D eigenvalue weighted by atomic mass is 9.75. The minimum absolute atomic E-state index is 0.0665. The number of nitrogens with zero attached hydrogens (tertiary/aromatic N) is 8. The van der Waals surface area contributed by atoms with Gasteiger partial charge in [-0.3, -0.25) is 24.6 Å². The number of nitriles is 2. The van der Waals surface area contributed by atoms with Gasteiger partial charge in [0.2, 0.25) is 11.8 Å². The van der Waals surface area contributed by atoms with Crippen LogP contribution >= 0.6 is 0 Å². The first-order valence-electron chi connectivity index (χ1n) is 19.8. The number of anilines is 2. The summed E-state index contributed by atoms with van der Waals surface area (Å²) in [7, 11) is 0. The highest BCUT2D eigenvalue weighted by Gasteiger charge is 2.43. The highest BCUT2D eigenvalue weighted by Crippen LogP contribution is 2.38. The van der Waals surface area contributed by atoms with E-state index < -0.39 is 11.5 Å². The second-order valence-electron chi connectivity index (χ2n) is 16.1. The number of likely N-dealkylation sites (tertiary alicyclic amines) is 1. The Morgan fingerprint density at radius 1 is 1.00 bits per heavy atom. The van der Waals surface area contributed by atoms with Gasteiger partial charge in [-0.25, -0.2) is 9.97 Å². The highest BCUT2D eigenvalue weighted by atomic mass is 16.2. The number of imide groups is 1. The van der Waals surface area contributed by atoms with Crippen LogP contribution in [0.25, 0.3) is 16.9 Å². The van der Waals surface area contributed by atoms with E-state index in [1.807, 2.05) is 6.92 Å². The number of rotatable bonds is 10. The maximum absolute atomic E-state index is 13.7. The van der Waals surface area contributed by atoms with E-state index in [-0.39, 0.29) is 23.8 Å². The van der Waals surface area contributed by atoms with Gasteiger partial charge in [-0.15, -0.1) is 0 Å². The van der Waals surface area contributed by atoms with Gasteiger partial charge in [-0.05, 0) is 101 Å². The summed E-state index contributed by atoms with van der Waals surface area (Å²) in [6, 6.07) is 16.7. The number of nitrogens with one attached hydrogen (secondary N) is 3. The molecule has 3 saturated heterocycles. The lowest BCUT2D eigenvalue weighted by Crippen LogP contribution is -2.49. The van der Waals surface area contributed by atoms with Crippen molar-refractivity contribution in [1.29, 1.82) is 10.5 Å². The fourth-order valence-electron chi connectivity index (χ4n) is 9.26. The third kappa shape index (κ3) is 7.17. The van der Waals surface area contributed by atoms with Gasteiger partial charge in [-0.1, -0.05) is 12.1 Å². The number of carbonyl (C=O) groups is 3. The monoisotopic (exact) mass is 753 g/mol. The molecule has 1 saturated carbocycles. The first-order valence-corrected chi connectivity index (χ1v) is 19.8. The summed E-state index contributed by atoms with van der Waals surface area (Å²) in [6.07, 6.45) is 12.9. The van der Waals surface area contributed by atoms with Crippen LogP contribution in [0.1, 0.15) is 93.1 Å². The van der Waals surface area contributed by atoms with E-state index in [4.69, 9.17) is 0 Å². The van der Waals surface area contributed by atoms with Crippen LogP contribution in [0.5, 0.6) is 0 Å². The minimum atomic E-state index is -0.681. The first kappa shape index (κ1) is 37.1. The molecule has 3 amide bonds. The molecule has 4 fully saturated rings. The molecule has 0 radical (unpaired) electrons. The summed E-state index contributed by atoms with van der Waals surface area (Å²) in [4.78, 5) is 52.2. The lowest BCUT2D eigenvalue weighted by molar-refractivity contribution is -0.137. The number of piperidine rings is 1. The molecular formula is C42H47N11O3. The topological polar surface area (TPSA) is 185 Å². The maximum Gasteiger partial charge on any atom is 0.255 e. The Balaban J connectivity index is 0.836. The quantitative estimate of drug-likeness (QED) is 0.190. The number of aromatic nitrogens is 4. The van der Waals surface area contributed by atoms with E-state index in [0.717, 1.165) is 70.1 Å². The van der Waals surface area contributed by atoms with Gasteiger partial charge in [0.1, 0.15) is 12.1 Å². The molecule has 1 aliphatic carbocycles. The fourth-order valence-corrected chi connectivity index (χ4v) is 9.26. The van der Waals surface area contributed by atoms with Crippen LogP contribution in [0.15, 0.2) is 55.0 Å². The van der Waals surface area contributed by atoms with Gasteiger partial charge in [0, 0.05) is 67.2 Å². The first-order chi connectivity index (χ1) is 27.1. The van der Waals surface area contributed by atoms with Crippen molar-refractivity contribution in [3.63, 3.8) is 0 Å². The molecule has 3 aromatic heterocycles. The number of carbonyl (C=O) groups excluding carboxylic acids is 3. The molecule has 4 atom stereocenters. The Labute approximate surface area is 326 Å². The van der Waals surface area contributed by atoms with Crippen molar-refractivity contribution in [1.82, 2.24) is 35.3 Å². The van der Waals surface area contributed by atoms with Crippen LogP contribution in [0.2, 0.25) is 0 Å². The number of hydrogen-bond acceptors (Lipinski definition) is 11. The molecule has 0 bridgehead atoms. The third-order valence-corrected chi connectivity index (χ3v) is 12.6. The van der Waals surface area contributed by atoms with Crippen molar-refractivity contribution in [3.05, 3.63) is 71.7 Å². The second kappa shape index (κ2) is 15.3. The predicted molar refractivity (Wildman–Crippen MR) is 210 cm³/mol. The van der Waals surface area contributed by atoms with Crippen molar-refractivity contribution in [2.24, 2.45) is 5.92 Å².